The fourth-order valence-electron chi connectivity index (χ4n) is 1.52. The first-order valence-corrected chi connectivity index (χ1v) is 7.69. The van der Waals surface area contributed by atoms with E-state index in [9.17, 15) is 0 Å². The lowest BCUT2D eigenvalue weighted by Gasteiger charge is -2.10. The fourth-order valence-corrected chi connectivity index (χ4v) is 2.36. The van der Waals surface area contributed by atoms with E-state index >= 15 is 0 Å². The van der Waals surface area contributed by atoms with Gasteiger partial charge in [-0.25, -0.2) is 4.98 Å². The molecule has 0 unspecified atom stereocenters. The Labute approximate surface area is 125 Å². The molecular formula is C13H14BrN3OS. The Morgan fingerprint density at radius 2 is 2.05 bits per heavy atom. The standard InChI is InChI=1S/C13H14BrN3OS/c1-8-6-9(14)4-5-10(8)18-12-7-11(15-2)16-13(17-12)19-3/h4-7H,1-3H3,(H,15,16,17). The van der Waals surface area contributed by atoms with Crippen molar-refractivity contribution in [3.05, 3.63) is 34.3 Å². The predicted octanol–water partition coefficient (Wildman–Crippen LogP) is 4.10. The average molecular weight is 340 g/mol. The summed E-state index contributed by atoms with van der Waals surface area (Å²) in [6, 6.07) is 7.64. The highest BCUT2D eigenvalue weighted by molar-refractivity contribution is 9.10. The Bertz CT molecular complexity index is 570. The number of hydrogen-bond donors (Lipinski definition) is 1. The van der Waals surface area contributed by atoms with Crippen molar-refractivity contribution in [3.8, 4) is 11.6 Å². The van der Waals surface area contributed by atoms with Gasteiger partial charge in [-0.1, -0.05) is 27.7 Å². The molecule has 0 atom stereocenters. The molecule has 100 valence electrons. The second kappa shape index (κ2) is 6.25. The van der Waals surface area contributed by atoms with Crippen molar-refractivity contribution in [2.24, 2.45) is 0 Å². The summed E-state index contributed by atoms with van der Waals surface area (Å²) in [4.78, 5) is 8.64. The van der Waals surface area contributed by atoms with Crippen LogP contribution in [-0.2, 0) is 0 Å². The minimum Gasteiger partial charge on any atom is -0.439 e. The third-order valence-electron chi connectivity index (χ3n) is 2.47. The van der Waals surface area contributed by atoms with Crippen molar-refractivity contribution in [2.45, 2.75) is 12.1 Å². The summed E-state index contributed by atoms with van der Waals surface area (Å²) in [5, 5.41) is 3.68. The molecule has 1 aromatic heterocycles. The number of thioether (sulfide) groups is 1. The first kappa shape index (κ1) is 14.1. The molecule has 0 saturated carbocycles. The van der Waals surface area contributed by atoms with E-state index in [-0.39, 0.29) is 0 Å². The Hall–Kier alpha value is -1.27. The van der Waals surface area contributed by atoms with Crippen molar-refractivity contribution in [1.29, 1.82) is 0 Å². The summed E-state index contributed by atoms with van der Waals surface area (Å²) in [5.74, 6) is 2.06. The Morgan fingerprint density at radius 1 is 1.26 bits per heavy atom. The maximum Gasteiger partial charge on any atom is 0.225 e. The lowest BCUT2D eigenvalue weighted by molar-refractivity contribution is 0.452. The van der Waals surface area contributed by atoms with Gasteiger partial charge in [-0.2, -0.15) is 4.98 Å². The predicted molar refractivity (Wildman–Crippen MR) is 82.3 cm³/mol. The van der Waals surface area contributed by atoms with E-state index in [1.807, 2.05) is 38.4 Å². The quantitative estimate of drug-likeness (QED) is 0.671. The van der Waals surface area contributed by atoms with E-state index in [1.54, 1.807) is 6.07 Å². The molecule has 0 aliphatic heterocycles. The van der Waals surface area contributed by atoms with Gasteiger partial charge in [-0.05, 0) is 36.9 Å². The normalized spacial score (nSPS) is 10.3. The van der Waals surface area contributed by atoms with Crippen LogP contribution >= 0.6 is 27.7 Å². The molecule has 0 spiro atoms. The second-order valence-electron chi connectivity index (χ2n) is 3.84. The summed E-state index contributed by atoms with van der Waals surface area (Å²) in [7, 11) is 1.82. The Balaban J connectivity index is 2.31. The smallest absolute Gasteiger partial charge is 0.225 e. The second-order valence-corrected chi connectivity index (χ2v) is 5.53. The lowest BCUT2D eigenvalue weighted by atomic mass is 10.2. The molecule has 0 aliphatic carbocycles. The first-order chi connectivity index (χ1) is 9.12. The molecule has 0 aliphatic rings. The third kappa shape index (κ3) is 3.61. The van der Waals surface area contributed by atoms with Crippen LogP contribution in [0.5, 0.6) is 11.6 Å². The molecule has 0 saturated heterocycles. The van der Waals surface area contributed by atoms with Crippen LogP contribution in [0.2, 0.25) is 0 Å². The van der Waals surface area contributed by atoms with Gasteiger partial charge in [0.15, 0.2) is 5.16 Å². The number of rotatable bonds is 4. The minimum absolute atomic E-state index is 0.536. The summed E-state index contributed by atoms with van der Waals surface area (Å²) in [5.41, 5.74) is 1.05. The van der Waals surface area contributed by atoms with E-state index in [1.165, 1.54) is 11.8 Å². The van der Waals surface area contributed by atoms with E-state index in [0.717, 1.165) is 21.6 Å². The number of benzene rings is 1. The largest absolute Gasteiger partial charge is 0.439 e. The maximum absolute atomic E-state index is 5.82. The van der Waals surface area contributed by atoms with Crippen molar-refractivity contribution in [1.82, 2.24) is 9.97 Å². The van der Waals surface area contributed by atoms with E-state index in [4.69, 9.17) is 4.74 Å². The number of halogens is 1. The summed E-state index contributed by atoms with van der Waals surface area (Å²) >= 11 is 4.91. The van der Waals surface area contributed by atoms with Crippen molar-refractivity contribution >= 4 is 33.5 Å². The van der Waals surface area contributed by atoms with Crippen LogP contribution in [0, 0.1) is 6.92 Å². The lowest BCUT2D eigenvalue weighted by Crippen LogP contribution is -1.98. The summed E-state index contributed by atoms with van der Waals surface area (Å²) in [6.07, 6.45) is 1.93. The number of nitrogens with zero attached hydrogens (tertiary/aromatic N) is 2. The van der Waals surface area contributed by atoms with Crippen LogP contribution in [0.15, 0.2) is 33.9 Å². The highest BCUT2D eigenvalue weighted by atomic mass is 79.9. The van der Waals surface area contributed by atoms with Crippen LogP contribution in [0.4, 0.5) is 5.82 Å². The molecule has 1 heterocycles. The van der Waals surface area contributed by atoms with Crippen LogP contribution < -0.4 is 10.1 Å². The van der Waals surface area contributed by atoms with Gasteiger partial charge in [-0.15, -0.1) is 0 Å². The molecule has 2 rings (SSSR count). The molecule has 0 fully saturated rings. The van der Waals surface area contributed by atoms with Gasteiger partial charge in [0.1, 0.15) is 11.6 Å². The molecule has 1 N–H and O–H groups in total. The molecule has 1 aromatic carbocycles. The fraction of sp³-hybridized carbons (Fsp3) is 0.231. The number of nitrogens with one attached hydrogen (secondary N) is 1. The monoisotopic (exact) mass is 339 g/mol. The zero-order chi connectivity index (χ0) is 13.8. The van der Waals surface area contributed by atoms with Gasteiger partial charge >= 0.3 is 0 Å². The zero-order valence-corrected chi connectivity index (χ0v) is 13.3. The van der Waals surface area contributed by atoms with Crippen molar-refractivity contribution in [3.63, 3.8) is 0 Å². The highest BCUT2D eigenvalue weighted by Crippen LogP contribution is 2.28. The zero-order valence-electron chi connectivity index (χ0n) is 10.9. The number of aryl methyl sites for hydroxylation is 1. The van der Waals surface area contributed by atoms with Crippen LogP contribution in [0.25, 0.3) is 0 Å². The summed E-state index contributed by atoms with van der Waals surface area (Å²) in [6.45, 7) is 2.00. The van der Waals surface area contributed by atoms with E-state index < -0.39 is 0 Å². The first-order valence-electron chi connectivity index (χ1n) is 5.67. The highest BCUT2D eigenvalue weighted by Gasteiger charge is 2.07. The maximum atomic E-state index is 5.82. The van der Waals surface area contributed by atoms with E-state index in [2.05, 4.69) is 31.2 Å². The number of aromatic nitrogens is 2. The van der Waals surface area contributed by atoms with Crippen molar-refractivity contribution < 1.29 is 4.74 Å². The van der Waals surface area contributed by atoms with Gasteiger partial charge in [0, 0.05) is 17.6 Å². The summed E-state index contributed by atoms with van der Waals surface area (Å²) < 4.78 is 6.85. The van der Waals surface area contributed by atoms with Crippen LogP contribution in [-0.4, -0.2) is 23.3 Å². The number of ether oxygens (including phenoxy) is 1. The molecular weight excluding hydrogens is 326 g/mol. The van der Waals surface area contributed by atoms with Gasteiger partial charge in [0.25, 0.3) is 0 Å². The number of anilines is 1. The molecule has 0 bridgehead atoms. The topological polar surface area (TPSA) is 47.0 Å². The van der Waals surface area contributed by atoms with Crippen LogP contribution in [0.1, 0.15) is 5.56 Å². The van der Waals surface area contributed by atoms with Gasteiger partial charge in [-0.3, -0.25) is 0 Å². The molecule has 19 heavy (non-hydrogen) atoms. The van der Waals surface area contributed by atoms with E-state index in [0.29, 0.717) is 11.0 Å². The Morgan fingerprint density at radius 3 is 2.68 bits per heavy atom. The molecule has 0 radical (unpaired) electrons. The third-order valence-corrected chi connectivity index (χ3v) is 3.51. The Kier molecular flexibility index (Phi) is 4.66. The van der Waals surface area contributed by atoms with Crippen molar-refractivity contribution in [2.75, 3.05) is 18.6 Å². The molecule has 2 aromatic rings. The SMILES string of the molecule is CNc1cc(Oc2ccc(Br)cc2C)nc(SC)n1. The average Bonchev–Trinajstić information content (AvgIpc) is 2.41. The van der Waals surface area contributed by atoms with Gasteiger partial charge in [0.05, 0.1) is 0 Å². The van der Waals surface area contributed by atoms with Crippen LogP contribution in [0.3, 0.4) is 0 Å². The van der Waals surface area contributed by atoms with Gasteiger partial charge < -0.3 is 10.1 Å². The molecule has 6 heteroatoms. The minimum atomic E-state index is 0.536. The number of hydrogen-bond acceptors (Lipinski definition) is 5. The van der Waals surface area contributed by atoms with Gasteiger partial charge in [0.2, 0.25) is 5.88 Å². The molecule has 4 nitrogen and oxygen atoms in total. The molecule has 0 amide bonds.